The number of fused-ring (bicyclic) bond motifs is 1. The van der Waals surface area contributed by atoms with Crippen LogP contribution in [0.5, 0.6) is 11.5 Å². The summed E-state index contributed by atoms with van der Waals surface area (Å²) in [5.41, 5.74) is 0. The van der Waals surface area contributed by atoms with Crippen molar-refractivity contribution in [3.63, 3.8) is 0 Å². The molecular weight excluding hydrogens is 266 g/mol. The molecule has 0 unspecified atom stereocenters. The Bertz CT molecular complexity index is 495. The number of ether oxygens (including phenoxy) is 2. The number of carbonyl (C=O) groups excluding carboxylic acids is 1. The molecule has 2 atom stereocenters. The van der Waals surface area contributed by atoms with Gasteiger partial charge in [0.2, 0.25) is 6.10 Å². The molecule has 114 valence electrons. The molecule has 4 heteroatoms. The van der Waals surface area contributed by atoms with Gasteiger partial charge in [-0.25, -0.2) is 0 Å². The van der Waals surface area contributed by atoms with Crippen molar-refractivity contribution in [2.45, 2.75) is 63.7 Å². The Balaban J connectivity index is 1.64. The highest BCUT2D eigenvalue weighted by Gasteiger charge is 2.34. The monoisotopic (exact) mass is 289 g/mol. The predicted molar refractivity (Wildman–Crippen MR) is 80.6 cm³/mol. The van der Waals surface area contributed by atoms with E-state index in [1.807, 2.05) is 31.2 Å². The highest BCUT2D eigenvalue weighted by Crippen LogP contribution is 2.33. The molecule has 1 N–H and O–H groups in total. The lowest BCUT2D eigenvalue weighted by atomic mass is 10.1. The van der Waals surface area contributed by atoms with Gasteiger partial charge in [0.05, 0.1) is 0 Å². The van der Waals surface area contributed by atoms with Crippen molar-refractivity contribution in [1.82, 2.24) is 5.32 Å². The van der Waals surface area contributed by atoms with Crippen LogP contribution in [0.25, 0.3) is 0 Å². The van der Waals surface area contributed by atoms with Gasteiger partial charge in [0.15, 0.2) is 11.5 Å². The Morgan fingerprint density at radius 1 is 1.05 bits per heavy atom. The highest BCUT2D eigenvalue weighted by atomic mass is 16.6. The van der Waals surface area contributed by atoms with E-state index < -0.39 is 6.10 Å². The standard InChI is InChI=1S/C17H23NO3/c1-12-16(21-15-11-7-6-10-14(15)20-12)17(19)18-13-8-4-2-3-5-9-13/h6-7,10-13,16H,2-5,8-9H2,1H3,(H,18,19)/t12-,16-/m1/s1. The predicted octanol–water partition coefficient (Wildman–Crippen LogP) is 3.05. The average Bonchev–Trinajstić information content (AvgIpc) is 2.75. The molecule has 21 heavy (non-hydrogen) atoms. The molecule has 1 amide bonds. The summed E-state index contributed by atoms with van der Waals surface area (Å²) in [6, 6.07) is 7.78. The van der Waals surface area contributed by atoms with Crippen LogP contribution in [0.4, 0.5) is 0 Å². The van der Waals surface area contributed by atoms with E-state index in [4.69, 9.17) is 9.47 Å². The molecule has 0 bridgehead atoms. The third-order valence-electron chi connectivity index (χ3n) is 4.30. The van der Waals surface area contributed by atoms with Crippen LogP contribution in [-0.2, 0) is 4.79 Å². The van der Waals surface area contributed by atoms with E-state index in [0.29, 0.717) is 11.5 Å². The number of carbonyl (C=O) groups is 1. The van der Waals surface area contributed by atoms with Gasteiger partial charge in [0, 0.05) is 6.04 Å². The number of hydrogen-bond donors (Lipinski definition) is 1. The Morgan fingerprint density at radius 2 is 1.67 bits per heavy atom. The molecule has 0 saturated heterocycles. The first kappa shape index (κ1) is 14.2. The molecule has 0 radical (unpaired) electrons. The normalized spacial score (nSPS) is 26.0. The van der Waals surface area contributed by atoms with Crippen molar-refractivity contribution < 1.29 is 14.3 Å². The van der Waals surface area contributed by atoms with Crippen LogP contribution in [0.2, 0.25) is 0 Å². The van der Waals surface area contributed by atoms with Gasteiger partial charge in [-0.1, -0.05) is 37.8 Å². The van der Waals surface area contributed by atoms with E-state index in [-0.39, 0.29) is 18.1 Å². The Labute approximate surface area is 125 Å². The van der Waals surface area contributed by atoms with Gasteiger partial charge in [0.25, 0.3) is 5.91 Å². The van der Waals surface area contributed by atoms with Gasteiger partial charge >= 0.3 is 0 Å². The van der Waals surface area contributed by atoms with E-state index in [2.05, 4.69) is 5.32 Å². The fourth-order valence-corrected chi connectivity index (χ4v) is 3.11. The average molecular weight is 289 g/mol. The Morgan fingerprint density at radius 3 is 2.33 bits per heavy atom. The minimum absolute atomic E-state index is 0.0519. The SMILES string of the molecule is C[C@H]1Oc2ccccc2O[C@H]1C(=O)NC1CCCCCC1. The lowest BCUT2D eigenvalue weighted by molar-refractivity contribution is -0.134. The third kappa shape index (κ3) is 3.31. The van der Waals surface area contributed by atoms with Crippen molar-refractivity contribution in [2.75, 3.05) is 0 Å². The van der Waals surface area contributed by atoms with E-state index in [1.54, 1.807) is 0 Å². The maximum atomic E-state index is 12.5. The Hall–Kier alpha value is -1.71. The van der Waals surface area contributed by atoms with E-state index in [1.165, 1.54) is 25.7 Å². The zero-order chi connectivity index (χ0) is 14.7. The number of benzene rings is 1. The van der Waals surface area contributed by atoms with Crippen LogP contribution in [0, 0.1) is 0 Å². The molecule has 1 aliphatic heterocycles. The molecule has 1 fully saturated rings. The van der Waals surface area contributed by atoms with Crippen LogP contribution in [0.3, 0.4) is 0 Å². The summed E-state index contributed by atoms with van der Waals surface area (Å²) in [7, 11) is 0. The zero-order valence-corrected chi connectivity index (χ0v) is 12.5. The molecule has 1 saturated carbocycles. The van der Waals surface area contributed by atoms with Gasteiger partial charge in [-0.05, 0) is 31.9 Å². The number of hydrogen-bond acceptors (Lipinski definition) is 3. The summed E-state index contributed by atoms with van der Waals surface area (Å²) in [6.07, 6.45) is 6.26. The van der Waals surface area contributed by atoms with Crippen molar-refractivity contribution in [1.29, 1.82) is 0 Å². The summed E-state index contributed by atoms with van der Waals surface area (Å²) in [5, 5.41) is 3.15. The summed E-state index contributed by atoms with van der Waals surface area (Å²) >= 11 is 0. The first-order chi connectivity index (χ1) is 10.2. The summed E-state index contributed by atoms with van der Waals surface area (Å²) < 4.78 is 11.6. The molecule has 1 heterocycles. The minimum atomic E-state index is -0.567. The fraction of sp³-hybridized carbons (Fsp3) is 0.588. The van der Waals surface area contributed by atoms with Gasteiger partial charge in [-0.2, -0.15) is 0 Å². The van der Waals surface area contributed by atoms with Crippen LogP contribution in [-0.4, -0.2) is 24.2 Å². The zero-order valence-electron chi connectivity index (χ0n) is 12.5. The first-order valence-corrected chi connectivity index (χ1v) is 7.97. The van der Waals surface area contributed by atoms with Gasteiger partial charge in [0.1, 0.15) is 6.10 Å². The Kier molecular flexibility index (Phi) is 4.32. The molecule has 1 aromatic rings. The molecule has 0 aromatic heterocycles. The highest BCUT2D eigenvalue weighted by molar-refractivity contribution is 5.82. The van der Waals surface area contributed by atoms with Crippen LogP contribution >= 0.6 is 0 Å². The second-order valence-electron chi connectivity index (χ2n) is 6.01. The fourth-order valence-electron chi connectivity index (χ4n) is 3.11. The van der Waals surface area contributed by atoms with Gasteiger partial charge < -0.3 is 14.8 Å². The second kappa shape index (κ2) is 6.37. The summed E-state index contributed by atoms with van der Waals surface area (Å²) in [6.45, 7) is 1.88. The van der Waals surface area contributed by atoms with E-state index in [9.17, 15) is 4.79 Å². The van der Waals surface area contributed by atoms with Gasteiger partial charge in [-0.15, -0.1) is 0 Å². The third-order valence-corrected chi connectivity index (χ3v) is 4.30. The van der Waals surface area contributed by atoms with Crippen LogP contribution < -0.4 is 14.8 Å². The van der Waals surface area contributed by atoms with Crippen molar-refractivity contribution in [2.24, 2.45) is 0 Å². The molecule has 0 spiro atoms. The largest absolute Gasteiger partial charge is 0.482 e. The summed E-state index contributed by atoms with van der Waals surface area (Å²) in [4.78, 5) is 12.5. The minimum Gasteiger partial charge on any atom is -0.482 e. The molecule has 4 nitrogen and oxygen atoms in total. The number of amides is 1. The number of para-hydroxylation sites is 2. The van der Waals surface area contributed by atoms with Crippen molar-refractivity contribution in [3.8, 4) is 11.5 Å². The number of nitrogens with one attached hydrogen (secondary N) is 1. The van der Waals surface area contributed by atoms with Crippen LogP contribution in [0.1, 0.15) is 45.4 Å². The maximum Gasteiger partial charge on any atom is 0.265 e. The summed E-state index contributed by atoms with van der Waals surface area (Å²) in [5.74, 6) is 1.31. The number of rotatable bonds is 2. The van der Waals surface area contributed by atoms with Gasteiger partial charge in [-0.3, -0.25) is 4.79 Å². The molecule has 2 aliphatic rings. The maximum absolute atomic E-state index is 12.5. The molecular formula is C17H23NO3. The first-order valence-electron chi connectivity index (χ1n) is 7.97. The topological polar surface area (TPSA) is 47.6 Å². The smallest absolute Gasteiger partial charge is 0.265 e. The van der Waals surface area contributed by atoms with Crippen LogP contribution in [0.15, 0.2) is 24.3 Å². The molecule has 1 aromatic carbocycles. The molecule has 1 aliphatic carbocycles. The second-order valence-corrected chi connectivity index (χ2v) is 6.01. The quantitative estimate of drug-likeness (QED) is 0.851. The lowest BCUT2D eigenvalue weighted by Crippen LogP contribution is -2.51. The molecule has 3 rings (SSSR count). The van der Waals surface area contributed by atoms with Crippen molar-refractivity contribution in [3.05, 3.63) is 24.3 Å². The van der Waals surface area contributed by atoms with Crippen molar-refractivity contribution >= 4 is 5.91 Å². The lowest BCUT2D eigenvalue weighted by Gasteiger charge is -2.32. The van der Waals surface area contributed by atoms with E-state index in [0.717, 1.165) is 12.8 Å². The van der Waals surface area contributed by atoms with E-state index >= 15 is 0 Å².